The van der Waals surface area contributed by atoms with Crippen molar-refractivity contribution in [1.82, 2.24) is 4.57 Å². The molecule has 1 aromatic heterocycles. The summed E-state index contributed by atoms with van der Waals surface area (Å²) in [6.07, 6.45) is 6.86. The van der Waals surface area contributed by atoms with E-state index in [1.165, 1.54) is 0 Å². The van der Waals surface area contributed by atoms with Crippen molar-refractivity contribution in [3.8, 4) is 5.75 Å². The zero-order valence-electron chi connectivity index (χ0n) is 21.0. The summed E-state index contributed by atoms with van der Waals surface area (Å²) in [5.41, 5.74) is 3.93. The minimum atomic E-state index is -0.0467. The fraction of sp³-hybridized carbons (Fsp3) is 0.129. The highest BCUT2D eigenvalue weighted by atomic mass is 35.5. The molecule has 4 aromatic carbocycles. The number of nitrogens with zero attached hydrogens (tertiary/aromatic N) is 2. The molecule has 0 fully saturated rings. The molecule has 1 heterocycles. The van der Waals surface area contributed by atoms with Crippen LogP contribution in [0.2, 0.25) is 30.1 Å². The Bertz CT molecular complexity index is 1570. The Kier molecular flexibility index (Phi) is 9.53. The van der Waals surface area contributed by atoms with Crippen LogP contribution in [0.25, 0.3) is 0 Å². The van der Waals surface area contributed by atoms with Crippen molar-refractivity contribution in [3.63, 3.8) is 0 Å². The molecule has 0 aliphatic heterocycles. The van der Waals surface area contributed by atoms with Crippen molar-refractivity contribution in [2.45, 2.75) is 25.6 Å². The van der Waals surface area contributed by atoms with Gasteiger partial charge in [-0.15, -0.1) is 0 Å². The molecule has 0 bridgehead atoms. The second kappa shape index (κ2) is 13.1. The van der Waals surface area contributed by atoms with Gasteiger partial charge in [0.2, 0.25) is 6.33 Å². The number of ether oxygens (including phenoxy) is 1. The molecule has 0 saturated heterocycles. The van der Waals surface area contributed by atoms with E-state index in [0.717, 1.165) is 22.3 Å². The predicted octanol–water partition coefficient (Wildman–Crippen LogP) is 10.2. The molecule has 9 heteroatoms. The van der Waals surface area contributed by atoms with Crippen LogP contribution in [0.1, 0.15) is 28.3 Å². The van der Waals surface area contributed by atoms with Crippen molar-refractivity contribution in [1.29, 1.82) is 0 Å². The Labute approximate surface area is 263 Å². The summed E-state index contributed by atoms with van der Waals surface area (Å²) in [5.74, 6) is 0.431. The molecular formula is C31H23Cl6N2O+. The van der Waals surface area contributed by atoms with E-state index < -0.39 is 0 Å². The monoisotopic (exact) mass is 649 g/mol. The van der Waals surface area contributed by atoms with E-state index in [9.17, 15) is 0 Å². The molecule has 5 aromatic rings. The number of aromatic nitrogens is 2. The number of halogens is 6. The van der Waals surface area contributed by atoms with E-state index in [2.05, 4.69) is 21.7 Å². The lowest BCUT2D eigenvalue weighted by Crippen LogP contribution is -2.32. The maximum absolute atomic E-state index is 6.75. The van der Waals surface area contributed by atoms with Gasteiger partial charge in [-0.1, -0.05) is 106 Å². The zero-order chi connectivity index (χ0) is 28.2. The first-order valence-electron chi connectivity index (χ1n) is 12.4. The van der Waals surface area contributed by atoms with Crippen LogP contribution in [0.15, 0.2) is 97.6 Å². The Morgan fingerprint density at radius 1 is 0.675 bits per heavy atom. The van der Waals surface area contributed by atoms with Gasteiger partial charge in [-0.25, -0.2) is 9.13 Å². The first kappa shape index (κ1) is 29.1. The SMILES string of the molecule is Clc1ccc(C(c2ccc(Cl)cc2)n2cc[n+](CCc3ccc(Cl)c(OCc4ccc(Cl)cc4Cl)c3Cl)c2)cc1. The van der Waals surface area contributed by atoms with Crippen LogP contribution in [0.5, 0.6) is 5.75 Å². The van der Waals surface area contributed by atoms with Gasteiger partial charge >= 0.3 is 0 Å². The largest absolute Gasteiger partial charge is 0.486 e. The quantitative estimate of drug-likeness (QED) is 0.145. The van der Waals surface area contributed by atoms with E-state index in [-0.39, 0.29) is 12.6 Å². The Hall–Kier alpha value is -2.37. The molecule has 0 amide bonds. The minimum Gasteiger partial charge on any atom is -0.486 e. The first-order valence-corrected chi connectivity index (χ1v) is 14.7. The van der Waals surface area contributed by atoms with Gasteiger partial charge in [0.05, 0.1) is 16.6 Å². The van der Waals surface area contributed by atoms with Crippen LogP contribution in [0.4, 0.5) is 0 Å². The molecule has 0 N–H and O–H groups in total. The molecule has 5 rings (SSSR count). The third-order valence-electron chi connectivity index (χ3n) is 6.54. The average Bonchev–Trinajstić information content (AvgIpc) is 3.40. The van der Waals surface area contributed by atoms with E-state index in [1.807, 2.05) is 66.9 Å². The van der Waals surface area contributed by atoms with Crippen molar-refractivity contribution in [2.24, 2.45) is 0 Å². The van der Waals surface area contributed by atoms with Crippen LogP contribution in [-0.4, -0.2) is 4.57 Å². The molecule has 0 atom stereocenters. The zero-order valence-corrected chi connectivity index (χ0v) is 25.5. The second-order valence-electron chi connectivity index (χ2n) is 9.23. The van der Waals surface area contributed by atoms with Gasteiger partial charge in [0, 0.05) is 43.2 Å². The second-order valence-corrected chi connectivity index (χ2v) is 11.7. The van der Waals surface area contributed by atoms with Gasteiger partial charge in [0.15, 0.2) is 11.8 Å². The number of rotatable bonds is 9. The van der Waals surface area contributed by atoms with Crippen LogP contribution in [0, 0.1) is 0 Å². The highest BCUT2D eigenvalue weighted by Crippen LogP contribution is 2.37. The molecule has 0 spiro atoms. The highest BCUT2D eigenvalue weighted by molar-refractivity contribution is 6.37. The van der Waals surface area contributed by atoms with E-state index in [1.54, 1.807) is 18.2 Å². The van der Waals surface area contributed by atoms with Gasteiger partial charge in [-0.2, -0.15) is 0 Å². The van der Waals surface area contributed by atoms with Gasteiger partial charge in [-0.05, 0) is 48.0 Å². The molecule has 0 aliphatic carbocycles. The lowest BCUT2D eigenvalue weighted by molar-refractivity contribution is -0.696. The Morgan fingerprint density at radius 2 is 1.27 bits per heavy atom. The molecule has 0 saturated carbocycles. The first-order chi connectivity index (χ1) is 19.3. The smallest absolute Gasteiger partial charge is 0.244 e. The summed E-state index contributed by atoms with van der Waals surface area (Å²) in [4.78, 5) is 0. The average molecular weight is 652 g/mol. The summed E-state index contributed by atoms with van der Waals surface area (Å²) < 4.78 is 10.3. The van der Waals surface area contributed by atoms with Crippen molar-refractivity contribution in [3.05, 3.63) is 150 Å². The fourth-order valence-electron chi connectivity index (χ4n) is 4.46. The maximum Gasteiger partial charge on any atom is 0.244 e. The van der Waals surface area contributed by atoms with Crippen molar-refractivity contribution in [2.75, 3.05) is 0 Å². The van der Waals surface area contributed by atoms with E-state index >= 15 is 0 Å². The summed E-state index contributed by atoms with van der Waals surface area (Å²) >= 11 is 37.8. The van der Waals surface area contributed by atoms with Gasteiger partial charge in [0.25, 0.3) is 0 Å². The van der Waals surface area contributed by atoms with Crippen LogP contribution >= 0.6 is 69.6 Å². The minimum absolute atomic E-state index is 0.0467. The predicted molar refractivity (Wildman–Crippen MR) is 166 cm³/mol. The lowest BCUT2D eigenvalue weighted by atomic mass is 9.98. The fourth-order valence-corrected chi connectivity index (χ4v) is 5.75. The molecular weight excluding hydrogens is 629 g/mol. The molecule has 0 aliphatic rings. The summed E-state index contributed by atoms with van der Waals surface area (Å²) in [6, 6.07) is 24.7. The molecule has 3 nitrogen and oxygen atoms in total. The molecule has 204 valence electrons. The number of aryl methyl sites for hydroxylation is 2. The maximum atomic E-state index is 6.75. The molecule has 0 unspecified atom stereocenters. The van der Waals surface area contributed by atoms with Crippen LogP contribution in [-0.2, 0) is 19.6 Å². The van der Waals surface area contributed by atoms with E-state index in [4.69, 9.17) is 74.3 Å². The number of hydrogen-bond donors (Lipinski definition) is 0. The van der Waals surface area contributed by atoms with Crippen molar-refractivity contribution < 1.29 is 9.30 Å². The van der Waals surface area contributed by atoms with Crippen LogP contribution < -0.4 is 9.30 Å². The highest BCUT2D eigenvalue weighted by Gasteiger charge is 2.22. The van der Waals surface area contributed by atoms with Gasteiger partial charge < -0.3 is 4.74 Å². The Morgan fingerprint density at radius 3 is 1.90 bits per heavy atom. The standard InChI is InChI=1S/C31H23Cl6N2O/c32-24-7-1-21(2-8-24)30(22-3-9-25(33)10-4-22)39-16-15-38(19-39)14-13-20-6-12-27(35)31(29(20)37)40-18-23-5-11-26(34)17-28(23)36/h1-12,15-17,19,30H,13-14,18H2/q+1. The number of benzene rings is 4. The van der Waals surface area contributed by atoms with Gasteiger partial charge in [-0.3, -0.25) is 0 Å². The molecule has 0 radical (unpaired) electrons. The Balaban J connectivity index is 1.33. The van der Waals surface area contributed by atoms with Crippen molar-refractivity contribution >= 4 is 69.6 Å². The number of hydrogen-bond acceptors (Lipinski definition) is 1. The summed E-state index contributed by atoms with van der Waals surface area (Å²) in [7, 11) is 0. The van der Waals surface area contributed by atoms with Crippen LogP contribution in [0.3, 0.4) is 0 Å². The third-order valence-corrected chi connectivity index (χ3v) is 8.34. The van der Waals surface area contributed by atoms with Gasteiger partial charge in [0.1, 0.15) is 19.0 Å². The van der Waals surface area contributed by atoms with E-state index in [0.29, 0.717) is 48.9 Å². The molecule has 40 heavy (non-hydrogen) atoms. The summed E-state index contributed by atoms with van der Waals surface area (Å²) in [6.45, 7) is 0.915. The normalized spacial score (nSPS) is 11.3. The third kappa shape index (κ3) is 6.91. The summed E-state index contributed by atoms with van der Waals surface area (Å²) in [5, 5.41) is 3.39. The number of imidazole rings is 1. The lowest BCUT2D eigenvalue weighted by Gasteiger charge is -2.15. The topological polar surface area (TPSA) is 18.0 Å².